The normalized spacial score (nSPS) is 32.5. The molecule has 0 amide bonds. The molecule has 18 aliphatic rings. The van der Waals surface area contributed by atoms with Crippen LogP contribution < -0.4 is 10.4 Å². The van der Waals surface area contributed by atoms with Crippen LogP contribution in [0.4, 0.5) is 0 Å². The number of aliphatic hydroxyl groups excluding tert-OH is 4. The van der Waals surface area contributed by atoms with Gasteiger partial charge in [0.15, 0.2) is 17.8 Å². The molecule has 2 saturated carbocycles. The Labute approximate surface area is 578 Å². The summed E-state index contributed by atoms with van der Waals surface area (Å²) < 4.78 is 34.6. The zero-order valence-electron chi connectivity index (χ0n) is 56.6. The number of hydrogen-bond donors (Lipinski definition) is 4. The number of esters is 2. The van der Waals surface area contributed by atoms with Crippen molar-refractivity contribution < 1.29 is 53.4 Å². The molecule has 508 valence electrons. The van der Waals surface area contributed by atoms with E-state index in [-0.39, 0.29) is 119 Å². The van der Waals surface area contributed by atoms with Gasteiger partial charge in [0.25, 0.3) is 0 Å². The van der Waals surface area contributed by atoms with Crippen LogP contribution >= 0.6 is 0 Å². The van der Waals surface area contributed by atoms with Crippen molar-refractivity contribution in [1.29, 1.82) is 0 Å². The van der Waals surface area contributed by atoms with Gasteiger partial charge in [0.05, 0.1) is 25.4 Å². The summed E-state index contributed by atoms with van der Waals surface area (Å²) in [6.07, 6.45) is 22.3. The van der Waals surface area contributed by atoms with Crippen molar-refractivity contribution in [2.24, 2.45) is 41.4 Å². The summed E-state index contributed by atoms with van der Waals surface area (Å²) in [7, 11) is 0. The molecule has 20 bridgehead atoms. The molecule has 12 nitrogen and oxygen atoms in total. The van der Waals surface area contributed by atoms with Crippen LogP contribution in [0.5, 0.6) is 5.75 Å². The average Bonchev–Trinajstić information content (AvgIpc) is 1.37. The van der Waals surface area contributed by atoms with Gasteiger partial charge in [0.2, 0.25) is 0 Å². The standard InChI is InChI=1S/C87H88O12/c1-47(43-89)68-41-70-56-34-49-15-13-48(14-16-49)33-50-17-18-52-19-23-59-8-5-9-60-24-28-66-63(11-6-12-74(66)87(59,60)75(52)35-50)53-21-25-61-54-22-27-64(70)69(38-54)57(37-56)39-72-65-26-20-51-7-3-4-10-62(51)71(65)42-76(72)86(2)83(98-84(68)93)82(96-78(92)40-58(61)36-53)80-77(99-86)30-29-67-73(44-90)79(85(94)97-81(67)80)55(31-32-88)45-95-46-91/h3-4,6-7,10-23,25-27,29-30,35,38,53,55-61,65,70-72,76,82-83,88-91H,5,8-9,24,28,31-34,36-37,39-46H2,1-2H3/b68-47-/t53-,55+,56+,57+,58+,59+,60+,61+,65-,70-,71+,72-,76-,82+,83-,86-,87-/m0/s1. The lowest BCUT2D eigenvalue weighted by molar-refractivity contribution is -0.202. The van der Waals surface area contributed by atoms with Crippen LogP contribution in [0.2, 0.25) is 0 Å². The summed E-state index contributed by atoms with van der Waals surface area (Å²) in [4.78, 5) is 47.8. The van der Waals surface area contributed by atoms with Gasteiger partial charge in [-0.05, 0) is 240 Å². The molecular weight excluding hydrogens is 1240 g/mol. The Morgan fingerprint density at radius 1 is 0.707 bits per heavy atom. The maximum atomic E-state index is 16.4. The first-order valence-electron chi connectivity index (χ1n) is 36.9. The summed E-state index contributed by atoms with van der Waals surface area (Å²) in [5.41, 5.74) is 15.9. The zero-order valence-corrected chi connectivity index (χ0v) is 56.6. The van der Waals surface area contributed by atoms with E-state index >= 15 is 14.4 Å². The Hall–Kier alpha value is -7.97. The fourth-order valence-corrected chi connectivity index (χ4v) is 22.5. The number of carbonyl (C=O) groups is 2. The van der Waals surface area contributed by atoms with Crippen molar-refractivity contribution >= 4 is 35.1 Å². The van der Waals surface area contributed by atoms with Gasteiger partial charge in [-0.2, -0.15) is 0 Å². The summed E-state index contributed by atoms with van der Waals surface area (Å²) in [5, 5.41) is 43.4. The Balaban J connectivity index is 0.888. The van der Waals surface area contributed by atoms with Crippen molar-refractivity contribution in [3.05, 3.63) is 250 Å². The van der Waals surface area contributed by atoms with Gasteiger partial charge in [-0.25, -0.2) is 9.59 Å². The van der Waals surface area contributed by atoms with E-state index in [2.05, 4.69) is 140 Å². The quantitative estimate of drug-likeness (QED) is 0.0372. The maximum absolute atomic E-state index is 16.4. The Morgan fingerprint density at radius 3 is 2.39 bits per heavy atom. The predicted octanol–water partition coefficient (Wildman–Crippen LogP) is 15.1. The fraction of sp³-hybridized carbons (Fsp3) is 0.437. The van der Waals surface area contributed by atoms with Crippen LogP contribution in [0.15, 0.2) is 160 Å². The summed E-state index contributed by atoms with van der Waals surface area (Å²) in [6, 6.07) is 43.3. The van der Waals surface area contributed by atoms with Crippen LogP contribution in [0, 0.1) is 41.4 Å². The zero-order chi connectivity index (χ0) is 67.2. The Morgan fingerprint density at radius 2 is 1.55 bits per heavy atom. The van der Waals surface area contributed by atoms with Crippen molar-refractivity contribution in [2.75, 3.05) is 26.6 Å². The molecule has 4 N–H and O–H groups in total. The number of benzene rings is 6. The van der Waals surface area contributed by atoms with E-state index in [0.29, 0.717) is 47.0 Å². The lowest BCUT2D eigenvalue weighted by Crippen LogP contribution is -2.59. The van der Waals surface area contributed by atoms with Gasteiger partial charge in [-0.1, -0.05) is 146 Å². The molecule has 0 radical (unpaired) electrons. The van der Waals surface area contributed by atoms with Crippen molar-refractivity contribution in [2.45, 2.75) is 169 Å². The third kappa shape index (κ3) is 10.0. The number of aliphatic hydroxyl groups is 4. The van der Waals surface area contributed by atoms with Gasteiger partial charge < -0.3 is 43.8 Å². The molecular formula is C87H88O12. The second-order valence-corrected chi connectivity index (χ2v) is 31.5. The minimum Gasteiger partial charge on any atom is -0.483 e. The topological polar surface area (TPSA) is 182 Å². The van der Waals surface area contributed by atoms with Crippen molar-refractivity contribution in [3.63, 3.8) is 0 Å². The van der Waals surface area contributed by atoms with Gasteiger partial charge >= 0.3 is 17.6 Å². The van der Waals surface area contributed by atoms with Crippen LogP contribution in [0.25, 0.3) is 23.1 Å². The van der Waals surface area contributed by atoms with E-state index < -0.39 is 61.3 Å². The first-order valence-corrected chi connectivity index (χ1v) is 36.9. The molecule has 17 atom stereocenters. The average molecular weight is 1330 g/mol. The highest BCUT2D eigenvalue weighted by atomic mass is 16.6. The van der Waals surface area contributed by atoms with Crippen LogP contribution in [-0.2, 0) is 55.1 Å². The molecule has 6 aromatic carbocycles. The predicted molar refractivity (Wildman–Crippen MR) is 378 cm³/mol. The third-order valence-corrected chi connectivity index (χ3v) is 26.8. The second kappa shape index (κ2) is 24.7. The highest BCUT2D eigenvalue weighted by Gasteiger charge is 2.63. The molecule has 1 spiro atoms. The molecule has 12 heteroatoms. The highest BCUT2D eigenvalue weighted by molar-refractivity contribution is 5.91. The third-order valence-electron chi connectivity index (χ3n) is 26.8. The second-order valence-electron chi connectivity index (χ2n) is 31.5. The number of hydrogen-bond acceptors (Lipinski definition) is 12. The number of rotatable bonds is 8. The molecule has 25 rings (SSSR count). The van der Waals surface area contributed by atoms with Crippen molar-refractivity contribution in [1.82, 2.24) is 0 Å². The van der Waals surface area contributed by atoms with E-state index in [1.807, 2.05) is 19.9 Å². The van der Waals surface area contributed by atoms with E-state index in [1.54, 1.807) is 6.07 Å². The number of fused-ring (bicyclic) bond motifs is 7. The molecule has 0 unspecified atom stereocenters. The van der Waals surface area contributed by atoms with Crippen molar-refractivity contribution in [3.8, 4) is 5.75 Å². The fourth-order valence-electron chi connectivity index (χ4n) is 22.5. The van der Waals surface area contributed by atoms with E-state index in [4.69, 9.17) is 23.4 Å². The minimum absolute atomic E-state index is 0.00447. The van der Waals surface area contributed by atoms with Gasteiger partial charge in [0.1, 0.15) is 18.1 Å². The molecule has 99 heavy (non-hydrogen) atoms. The Bertz CT molecular complexity index is 4630. The van der Waals surface area contributed by atoms with Gasteiger partial charge in [0, 0.05) is 58.6 Å². The van der Waals surface area contributed by atoms with Crippen LogP contribution in [0.3, 0.4) is 0 Å². The summed E-state index contributed by atoms with van der Waals surface area (Å²) in [6.45, 7) is 1.77. The van der Waals surface area contributed by atoms with Gasteiger partial charge in [-0.3, -0.25) is 4.79 Å². The largest absolute Gasteiger partial charge is 0.483 e. The number of carbonyl (C=O) groups excluding carboxylic acids is 2. The lowest BCUT2D eigenvalue weighted by atomic mass is 9.48. The SMILES string of the molecule is C/C(CO)=C1\C[C@@H]2c3ccc4cc3[C@@H]3C[C@H]2Cc2ccc(cc2)Cc2ccc5c(c2)[C@]26c7cccc(c7CC[C@H]2CCC[C@@H]6C=C5)[C@H]2C=C[C@H]4[C@@H](CC(=O)O[C@@H]4c5c(ccc6c(CO)c([C@H](CCO)COCO)c(=O)oc56)O[C@@](C)([C@H]5C[C@@H]6c7ccccc7C=C[C@@H]6[C@@H]5C3)[C@H]4OC1=O)C2. The molecule has 4 heterocycles. The molecule has 1 aromatic heterocycles. The smallest absolute Gasteiger partial charge is 0.340 e. The number of allylic oxidation sites excluding steroid dienone is 4. The van der Waals surface area contributed by atoms with E-state index in [1.165, 1.54) is 79.6 Å². The van der Waals surface area contributed by atoms with Crippen LogP contribution in [-0.4, -0.2) is 70.7 Å². The monoisotopic (exact) mass is 1320 g/mol. The first-order chi connectivity index (χ1) is 48.3. The molecule has 0 saturated heterocycles. The first kappa shape index (κ1) is 63.2. The summed E-state index contributed by atoms with van der Waals surface area (Å²) >= 11 is 0. The van der Waals surface area contributed by atoms with E-state index in [0.717, 1.165) is 50.5 Å². The highest BCUT2D eigenvalue weighted by Crippen LogP contribution is 2.65. The van der Waals surface area contributed by atoms with Gasteiger partial charge in [-0.15, -0.1) is 0 Å². The minimum atomic E-state index is -1.43. The molecule has 3 aliphatic heterocycles. The number of ether oxygens (including phenoxy) is 4. The molecule has 15 aliphatic carbocycles. The Kier molecular flexibility index (Phi) is 15.8. The lowest BCUT2D eigenvalue weighted by Gasteiger charge is -2.55. The molecule has 2 fully saturated rings. The van der Waals surface area contributed by atoms with E-state index in [9.17, 15) is 20.4 Å². The summed E-state index contributed by atoms with van der Waals surface area (Å²) in [5.74, 6) is -1.58. The van der Waals surface area contributed by atoms with Crippen LogP contribution in [0.1, 0.15) is 215 Å². The molecule has 7 aromatic rings. The maximum Gasteiger partial charge on any atom is 0.340 e.